The van der Waals surface area contributed by atoms with Crippen LogP contribution < -0.4 is 0 Å². The van der Waals surface area contributed by atoms with E-state index >= 15 is 0 Å². The molecule has 72 valence electrons. The van der Waals surface area contributed by atoms with E-state index in [0.717, 1.165) is 6.20 Å². The number of alkyl halides is 3. The molecule has 1 heterocycles. The van der Waals surface area contributed by atoms with Crippen LogP contribution >= 0.6 is 50.1 Å². The Morgan fingerprint density at radius 1 is 1.62 bits per heavy atom. The van der Waals surface area contributed by atoms with E-state index in [9.17, 15) is 8.78 Å². The van der Waals surface area contributed by atoms with E-state index in [2.05, 4.69) is 20.9 Å². The lowest BCUT2D eigenvalue weighted by Crippen LogP contribution is -1.97. The highest BCUT2D eigenvalue weighted by Crippen LogP contribution is 2.31. The van der Waals surface area contributed by atoms with Gasteiger partial charge in [-0.15, -0.1) is 11.6 Å². The van der Waals surface area contributed by atoms with E-state index in [1.807, 2.05) is 22.6 Å². The second-order valence-corrected chi connectivity index (χ2v) is 4.36. The van der Waals surface area contributed by atoms with Gasteiger partial charge in [0, 0.05) is 9.77 Å². The molecule has 0 saturated carbocycles. The Hall–Kier alpha value is 0.510. The first-order chi connectivity index (χ1) is 6.07. The van der Waals surface area contributed by atoms with E-state index in [-0.39, 0.29) is 11.4 Å². The van der Waals surface area contributed by atoms with Crippen molar-refractivity contribution >= 4 is 50.1 Å². The van der Waals surface area contributed by atoms with Crippen LogP contribution in [-0.4, -0.2) is 4.98 Å². The number of halogens is 5. The second kappa shape index (κ2) is 4.84. The minimum atomic E-state index is -2.50. The molecular formula is C7H4BrClF2IN. The predicted octanol–water partition coefficient (Wildman–Crippen LogP) is 4.13. The Balaban J connectivity index is 3.23. The second-order valence-electron chi connectivity index (χ2n) is 2.22. The summed E-state index contributed by atoms with van der Waals surface area (Å²) in [6.07, 6.45) is -1.34. The van der Waals surface area contributed by atoms with Crippen molar-refractivity contribution in [1.29, 1.82) is 0 Å². The quantitative estimate of drug-likeness (QED) is 0.554. The molecular weight excluding hydrogens is 378 g/mol. The molecule has 0 aliphatic carbocycles. The molecule has 1 aromatic rings. The highest BCUT2D eigenvalue weighted by molar-refractivity contribution is 14.1. The molecule has 0 radical (unpaired) electrons. The number of nitrogens with zero attached hydrogens (tertiary/aromatic N) is 1. The fraction of sp³-hybridized carbons (Fsp3) is 0.286. The van der Waals surface area contributed by atoms with Gasteiger partial charge in [-0.05, 0) is 38.5 Å². The van der Waals surface area contributed by atoms with Gasteiger partial charge < -0.3 is 0 Å². The lowest BCUT2D eigenvalue weighted by Gasteiger charge is -2.07. The zero-order valence-corrected chi connectivity index (χ0v) is 10.7. The maximum atomic E-state index is 12.3. The zero-order valence-electron chi connectivity index (χ0n) is 6.20. The van der Waals surface area contributed by atoms with E-state index in [0.29, 0.717) is 13.7 Å². The van der Waals surface area contributed by atoms with Crippen molar-refractivity contribution in [2.24, 2.45) is 0 Å². The van der Waals surface area contributed by atoms with Crippen molar-refractivity contribution in [2.75, 3.05) is 0 Å². The molecule has 0 saturated heterocycles. The standard InChI is InChI=1S/C7H4BrClF2IN/c8-5-4(1-9)13-2-3(6(5)12)7(10)11/h2,7H,1H2. The average Bonchev–Trinajstić information content (AvgIpc) is 2.09. The third kappa shape index (κ3) is 2.50. The summed E-state index contributed by atoms with van der Waals surface area (Å²) in [6, 6.07) is 0. The van der Waals surface area contributed by atoms with Crippen molar-refractivity contribution in [3.63, 3.8) is 0 Å². The first kappa shape index (κ1) is 11.6. The number of hydrogen-bond donors (Lipinski definition) is 0. The summed E-state index contributed by atoms with van der Waals surface area (Å²) in [5.41, 5.74) is 0.511. The third-order valence-corrected chi connectivity index (χ3v) is 4.43. The normalized spacial score (nSPS) is 10.9. The number of aromatic nitrogens is 1. The van der Waals surface area contributed by atoms with Gasteiger partial charge in [-0.1, -0.05) is 0 Å². The summed E-state index contributed by atoms with van der Waals surface area (Å²) < 4.78 is 25.7. The summed E-state index contributed by atoms with van der Waals surface area (Å²) >= 11 is 10.6. The molecule has 0 spiro atoms. The van der Waals surface area contributed by atoms with Gasteiger partial charge in [-0.2, -0.15) is 0 Å². The molecule has 0 aliphatic heterocycles. The molecule has 0 aromatic carbocycles. The lowest BCUT2D eigenvalue weighted by molar-refractivity contribution is 0.150. The molecule has 13 heavy (non-hydrogen) atoms. The van der Waals surface area contributed by atoms with Gasteiger partial charge in [0.2, 0.25) is 0 Å². The summed E-state index contributed by atoms with van der Waals surface area (Å²) in [7, 11) is 0. The van der Waals surface area contributed by atoms with Gasteiger partial charge in [0.05, 0.1) is 21.6 Å². The molecule has 0 fully saturated rings. The van der Waals surface area contributed by atoms with Crippen LogP contribution in [0.2, 0.25) is 0 Å². The van der Waals surface area contributed by atoms with Crippen LogP contribution in [0.5, 0.6) is 0 Å². The SMILES string of the molecule is FC(F)c1cnc(CCl)c(Br)c1I. The number of rotatable bonds is 2. The van der Waals surface area contributed by atoms with Crippen LogP contribution in [0.1, 0.15) is 17.7 Å². The van der Waals surface area contributed by atoms with Crippen molar-refractivity contribution < 1.29 is 8.78 Å². The molecule has 0 amide bonds. The maximum Gasteiger partial charge on any atom is 0.266 e. The van der Waals surface area contributed by atoms with Gasteiger partial charge in [-0.3, -0.25) is 4.98 Å². The van der Waals surface area contributed by atoms with E-state index in [1.54, 1.807) is 0 Å². The van der Waals surface area contributed by atoms with Gasteiger partial charge in [-0.25, -0.2) is 8.78 Å². The van der Waals surface area contributed by atoms with Crippen LogP contribution in [0.4, 0.5) is 8.78 Å². The molecule has 1 aromatic heterocycles. The Bertz CT molecular complexity index is 322. The minimum Gasteiger partial charge on any atom is -0.258 e. The van der Waals surface area contributed by atoms with Crippen LogP contribution in [0.3, 0.4) is 0 Å². The molecule has 0 bridgehead atoms. The molecule has 0 unspecified atom stereocenters. The Labute approximate surface area is 101 Å². The van der Waals surface area contributed by atoms with Gasteiger partial charge in [0.25, 0.3) is 6.43 Å². The molecule has 1 nitrogen and oxygen atoms in total. The Morgan fingerprint density at radius 3 is 2.69 bits per heavy atom. The first-order valence-corrected chi connectivity index (χ1v) is 5.65. The Morgan fingerprint density at radius 2 is 2.23 bits per heavy atom. The van der Waals surface area contributed by atoms with E-state index in [1.165, 1.54) is 0 Å². The molecule has 0 aliphatic rings. The smallest absolute Gasteiger partial charge is 0.258 e. The summed E-state index contributed by atoms with van der Waals surface area (Å²) in [4.78, 5) is 3.82. The maximum absolute atomic E-state index is 12.3. The fourth-order valence-electron chi connectivity index (χ4n) is 0.760. The first-order valence-electron chi connectivity index (χ1n) is 3.24. The van der Waals surface area contributed by atoms with Gasteiger partial charge in [0.15, 0.2) is 0 Å². The van der Waals surface area contributed by atoms with Crippen molar-refractivity contribution in [2.45, 2.75) is 12.3 Å². The average molecular weight is 382 g/mol. The zero-order chi connectivity index (χ0) is 10.0. The van der Waals surface area contributed by atoms with Crippen LogP contribution in [-0.2, 0) is 5.88 Å². The fourth-order valence-corrected chi connectivity index (χ4v) is 2.28. The number of pyridine rings is 1. The summed E-state index contributed by atoms with van der Waals surface area (Å²) in [6.45, 7) is 0. The van der Waals surface area contributed by atoms with E-state index in [4.69, 9.17) is 11.6 Å². The predicted molar refractivity (Wildman–Crippen MR) is 59.2 cm³/mol. The van der Waals surface area contributed by atoms with Crippen LogP contribution in [0, 0.1) is 3.57 Å². The molecule has 0 N–H and O–H groups in total. The lowest BCUT2D eigenvalue weighted by atomic mass is 10.2. The van der Waals surface area contributed by atoms with E-state index < -0.39 is 6.43 Å². The minimum absolute atomic E-state index is 0.0682. The van der Waals surface area contributed by atoms with Crippen LogP contribution in [0.15, 0.2) is 10.7 Å². The topological polar surface area (TPSA) is 12.9 Å². The van der Waals surface area contributed by atoms with Gasteiger partial charge >= 0.3 is 0 Å². The van der Waals surface area contributed by atoms with Crippen molar-refractivity contribution in [1.82, 2.24) is 4.98 Å². The van der Waals surface area contributed by atoms with Gasteiger partial charge in [0.1, 0.15) is 0 Å². The molecule has 6 heteroatoms. The number of hydrogen-bond acceptors (Lipinski definition) is 1. The highest BCUT2D eigenvalue weighted by atomic mass is 127. The summed E-state index contributed by atoms with van der Waals surface area (Å²) in [5, 5.41) is 0. The van der Waals surface area contributed by atoms with Crippen LogP contribution in [0.25, 0.3) is 0 Å². The van der Waals surface area contributed by atoms with Crippen molar-refractivity contribution in [3.8, 4) is 0 Å². The Kier molecular flexibility index (Phi) is 4.31. The van der Waals surface area contributed by atoms with Crippen molar-refractivity contribution in [3.05, 3.63) is 25.5 Å². The largest absolute Gasteiger partial charge is 0.266 e. The third-order valence-electron chi connectivity index (χ3n) is 1.42. The summed E-state index contributed by atoms with van der Waals surface area (Å²) in [5.74, 6) is 0.208. The molecule has 1 rings (SSSR count). The monoisotopic (exact) mass is 381 g/mol. The molecule has 0 atom stereocenters. The highest BCUT2D eigenvalue weighted by Gasteiger charge is 2.16.